The highest BCUT2D eigenvalue weighted by Gasteiger charge is 2.16. The van der Waals surface area contributed by atoms with Crippen molar-refractivity contribution in [3.63, 3.8) is 0 Å². The molecular weight excluding hydrogens is 295 g/mol. The lowest BCUT2D eigenvalue weighted by Gasteiger charge is -2.03. The first-order chi connectivity index (χ1) is 10.1. The number of H-pyrrole nitrogens is 1. The van der Waals surface area contributed by atoms with Crippen LogP contribution in [0.1, 0.15) is 21.7 Å². The third-order valence-corrected chi connectivity index (χ3v) is 3.91. The molecule has 0 spiro atoms. The van der Waals surface area contributed by atoms with Crippen LogP contribution in [0.25, 0.3) is 10.2 Å². The maximum absolute atomic E-state index is 13.6. The van der Waals surface area contributed by atoms with E-state index in [1.807, 2.05) is 0 Å². The predicted octanol–water partition coefficient (Wildman–Crippen LogP) is 2.41. The Morgan fingerprint density at radius 2 is 2.14 bits per heavy atom. The largest absolute Gasteiger partial charge is 0.478 e. The summed E-state index contributed by atoms with van der Waals surface area (Å²) in [4.78, 5) is 30.1. The summed E-state index contributed by atoms with van der Waals surface area (Å²) in [5.74, 6) is -1.25. The van der Waals surface area contributed by atoms with Gasteiger partial charge in [0.2, 0.25) is 0 Å². The van der Waals surface area contributed by atoms with Gasteiger partial charge in [0, 0.05) is 11.8 Å². The van der Waals surface area contributed by atoms with Crippen molar-refractivity contribution in [2.24, 2.45) is 0 Å². The van der Waals surface area contributed by atoms with E-state index in [0.29, 0.717) is 16.2 Å². The Bertz CT molecular complexity index is 901. The van der Waals surface area contributed by atoms with E-state index in [-0.39, 0.29) is 23.2 Å². The molecule has 2 N–H and O–H groups in total. The van der Waals surface area contributed by atoms with Crippen molar-refractivity contribution in [3.05, 3.63) is 62.8 Å². The smallest absolute Gasteiger partial charge is 0.337 e. The summed E-state index contributed by atoms with van der Waals surface area (Å²) < 4.78 is 13.6. The number of rotatable bonds is 3. The Labute approximate surface area is 121 Å². The van der Waals surface area contributed by atoms with Gasteiger partial charge in [-0.15, -0.1) is 11.3 Å². The second kappa shape index (κ2) is 5.10. The Hall–Kier alpha value is -2.54. The summed E-state index contributed by atoms with van der Waals surface area (Å²) in [5, 5.41) is 10.5. The van der Waals surface area contributed by atoms with E-state index < -0.39 is 11.5 Å². The highest BCUT2D eigenvalue weighted by atomic mass is 32.1. The van der Waals surface area contributed by atoms with E-state index in [4.69, 9.17) is 5.11 Å². The molecule has 0 atom stereocenters. The number of hydrogen-bond donors (Lipinski definition) is 2. The molecule has 0 saturated heterocycles. The molecule has 0 saturated carbocycles. The van der Waals surface area contributed by atoms with E-state index in [9.17, 15) is 14.0 Å². The third kappa shape index (κ3) is 2.43. The van der Waals surface area contributed by atoms with Gasteiger partial charge in [-0.1, -0.05) is 18.2 Å². The Balaban J connectivity index is 2.08. The number of aromatic carboxylic acids is 1. The minimum atomic E-state index is -1.17. The van der Waals surface area contributed by atoms with Crippen LogP contribution in [0.2, 0.25) is 0 Å². The van der Waals surface area contributed by atoms with Crippen molar-refractivity contribution in [2.45, 2.75) is 6.42 Å². The zero-order valence-corrected chi connectivity index (χ0v) is 11.4. The number of halogens is 1. The third-order valence-electron chi connectivity index (χ3n) is 3.04. The molecule has 0 aliphatic heterocycles. The molecule has 0 fully saturated rings. The molecule has 0 aliphatic rings. The van der Waals surface area contributed by atoms with Gasteiger partial charge in [-0.3, -0.25) is 4.79 Å². The molecule has 2 heterocycles. The highest BCUT2D eigenvalue weighted by Crippen LogP contribution is 2.21. The van der Waals surface area contributed by atoms with Crippen LogP contribution < -0.4 is 5.56 Å². The predicted molar refractivity (Wildman–Crippen MR) is 76.4 cm³/mol. The molecule has 3 aromatic rings. The van der Waals surface area contributed by atoms with Crippen molar-refractivity contribution in [2.75, 3.05) is 0 Å². The number of carbonyl (C=O) groups is 1. The minimum absolute atomic E-state index is 0.0600. The number of fused-ring (bicyclic) bond motifs is 1. The number of aromatic nitrogens is 2. The number of thiophene rings is 1. The second-order valence-corrected chi connectivity index (χ2v) is 5.27. The standard InChI is InChI=1S/C14H9FN2O3S/c15-9-4-2-1-3-7(9)5-10-16-12(18)11-8(14(19)20)6-21-13(11)17-10/h1-4,6H,5H2,(H,19,20)(H,16,17,18). The van der Waals surface area contributed by atoms with Crippen molar-refractivity contribution < 1.29 is 14.3 Å². The summed E-state index contributed by atoms with van der Waals surface area (Å²) >= 11 is 1.08. The molecule has 106 valence electrons. The van der Waals surface area contributed by atoms with Crippen LogP contribution in [0, 0.1) is 5.82 Å². The average molecular weight is 304 g/mol. The van der Waals surface area contributed by atoms with Crippen molar-refractivity contribution in [1.29, 1.82) is 0 Å². The molecule has 2 aromatic heterocycles. The maximum Gasteiger partial charge on any atom is 0.337 e. The average Bonchev–Trinajstić information content (AvgIpc) is 2.86. The Morgan fingerprint density at radius 1 is 1.38 bits per heavy atom. The van der Waals surface area contributed by atoms with Gasteiger partial charge in [0.05, 0.1) is 10.9 Å². The summed E-state index contributed by atoms with van der Waals surface area (Å²) in [7, 11) is 0. The van der Waals surface area contributed by atoms with Crippen molar-refractivity contribution >= 4 is 27.5 Å². The van der Waals surface area contributed by atoms with E-state index in [1.165, 1.54) is 11.4 Å². The Morgan fingerprint density at radius 3 is 2.86 bits per heavy atom. The fourth-order valence-corrected chi connectivity index (χ4v) is 2.99. The monoisotopic (exact) mass is 304 g/mol. The van der Waals surface area contributed by atoms with Gasteiger partial charge in [-0.2, -0.15) is 0 Å². The molecule has 0 unspecified atom stereocenters. The summed E-state index contributed by atoms with van der Waals surface area (Å²) in [6, 6.07) is 6.22. The molecule has 5 nitrogen and oxygen atoms in total. The van der Waals surface area contributed by atoms with Crippen LogP contribution in [0.15, 0.2) is 34.4 Å². The van der Waals surface area contributed by atoms with Gasteiger partial charge in [0.15, 0.2) is 0 Å². The lowest BCUT2D eigenvalue weighted by atomic mass is 10.1. The number of nitrogens with one attached hydrogen (secondary N) is 1. The summed E-state index contributed by atoms with van der Waals surface area (Å²) in [5.41, 5.74) is -0.179. The molecule has 0 aliphatic carbocycles. The van der Waals surface area contributed by atoms with Gasteiger partial charge in [0.1, 0.15) is 16.5 Å². The van der Waals surface area contributed by atoms with Gasteiger partial charge >= 0.3 is 5.97 Å². The number of carboxylic acids is 1. The van der Waals surface area contributed by atoms with Gasteiger partial charge < -0.3 is 10.1 Å². The highest BCUT2D eigenvalue weighted by molar-refractivity contribution is 7.17. The van der Waals surface area contributed by atoms with E-state index in [2.05, 4.69) is 9.97 Å². The maximum atomic E-state index is 13.6. The van der Waals surface area contributed by atoms with Crippen LogP contribution in [0.4, 0.5) is 4.39 Å². The number of benzene rings is 1. The van der Waals surface area contributed by atoms with E-state index >= 15 is 0 Å². The Kier molecular flexibility index (Phi) is 3.26. The first kappa shape index (κ1) is 13.4. The number of carboxylic acid groups (broad SMARTS) is 1. The SMILES string of the molecule is O=C(O)c1csc2nc(Cc3ccccc3F)[nH]c(=O)c12. The topological polar surface area (TPSA) is 83.0 Å². The minimum Gasteiger partial charge on any atom is -0.478 e. The number of aromatic amines is 1. The second-order valence-electron chi connectivity index (χ2n) is 4.42. The fraction of sp³-hybridized carbons (Fsp3) is 0.0714. The molecule has 3 rings (SSSR count). The number of nitrogens with zero attached hydrogens (tertiary/aromatic N) is 1. The summed E-state index contributed by atoms with van der Waals surface area (Å²) in [6.45, 7) is 0. The first-order valence-corrected chi connectivity index (χ1v) is 6.91. The van der Waals surface area contributed by atoms with Gasteiger partial charge in [-0.25, -0.2) is 14.2 Å². The van der Waals surface area contributed by atoms with Crippen LogP contribution in [0.3, 0.4) is 0 Å². The lowest BCUT2D eigenvalue weighted by Crippen LogP contribution is -2.13. The molecule has 7 heteroatoms. The van der Waals surface area contributed by atoms with Crippen LogP contribution in [-0.4, -0.2) is 21.0 Å². The van der Waals surface area contributed by atoms with Crippen molar-refractivity contribution in [1.82, 2.24) is 9.97 Å². The fourth-order valence-electron chi connectivity index (χ4n) is 2.06. The van der Waals surface area contributed by atoms with Crippen molar-refractivity contribution in [3.8, 4) is 0 Å². The lowest BCUT2D eigenvalue weighted by molar-refractivity contribution is 0.0699. The molecule has 21 heavy (non-hydrogen) atoms. The quantitative estimate of drug-likeness (QED) is 0.778. The van der Waals surface area contributed by atoms with Crippen LogP contribution in [-0.2, 0) is 6.42 Å². The van der Waals surface area contributed by atoms with E-state index in [0.717, 1.165) is 11.3 Å². The molecule has 0 bridgehead atoms. The zero-order chi connectivity index (χ0) is 15.0. The molecule has 0 radical (unpaired) electrons. The van der Waals surface area contributed by atoms with Crippen LogP contribution >= 0.6 is 11.3 Å². The number of hydrogen-bond acceptors (Lipinski definition) is 4. The van der Waals surface area contributed by atoms with E-state index in [1.54, 1.807) is 18.2 Å². The molecule has 1 aromatic carbocycles. The molecule has 0 amide bonds. The van der Waals surface area contributed by atoms with Gasteiger partial charge in [0.25, 0.3) is 5.56 Å². The summed E-state index contributed by atoms with van der Waals surface area (Å²) in [6.07, 6.45) is 0.137. The normalized spacial score (nSPS) is 10.9. The van der Waals surface area contributed by atoms with Crippen LogP contribution in [0.5, 0.6) is 0 Å². The van der Waals surface area contributed by atoms with Gasteiger partial charge in [-0.05, 0) is 11.6 Å². The zero-order valence-electron chi connectivity index (χ0n) is 10.6. The first-order valence-electron chi connectivity index (χ1n) is 6.03. The molecular formula is C14H9FN2O3S.